The number of halogens is 1. The predicted molar refractivity (Wildman–Crippen MR) is 101 cm³/mol. The van der Waals surface area contributed by atoms with Gasteiger partial charge in [-0.2, -0.15) is 9.78 Å². The Morgan fingerprint density at radius 3 is 2.44 bits per heavy atom. The van der Waals surface area contributed by atoms with E-state index in [0.29, 0.717) is 18.2 Å². The summed E-state index contributed by atoms with van der Waals surface area (Å²) >= 11 is 0. The summed E-state index contributed by atoms with van der Waals surface area (Å²) in [6, 6.07) is 11.8. The van der Waals surface area contributed by atoms with Crippen molar-refractivity contribution in [3.8, 4) is 5.69 Å². The van der Waals surface area contributed by atoms with Crippen LogP contribution in [0.25, 0.3) is 5.69 Å². The highest BCUT2D eigenvalue weighted by molar-refractivity contribution is 5.92. The van der Waals surface area contributed by atoms with E-state index >= 15 is 0 Å². The first-order valence-corrected chi connectivity index (χ1v) is 8.03. The maximum absolute atomic E-state index is 12.6. The fourth-order valence-corrected chi connectivity index (χ4v) is 2.71. The van der Waals surface area contributed by atoms with Crippen LogP contribution < -0.4 is 16.6 Å². The second kappa shape index (κ2) is 8.78. The summed E-state index contributed by atoms with van der Waals surface area (Å²) in [4.78, 5) is 24.6. The summed E-state index contributed by atoms with van der Waals surface area (Å²) in [6.07, 6.45) is 0.758. The van der Waals surface area contributed by atoms with E-state index in [0.717, 1.165) is 6.42 Å². The van der Waals surface area contributed by atoms with Crippen LogP contribution in [0.5, 0.6) is 0 Å². The minimum atomic E-state index is -0.513. The van der Waals surface area contributed by atoms with Gasteiger partial charge in [-0.1, -0.05) is 32.0 Å². The second-order valence-electron chi connectivity index (χ2n) is 6.62. The summed E-state index contributed by atoms with van der Waals surface area (Å²) in [5.74, 6) is 0.0540. The molecule has 0 aliphatic heterocycles. The number of para-hydroxylation sites is 1. The van der Waals surface area contributed by atoms with Crippen molar-refractivity contribution in [2.24, 2.45) is 11.7 Å². The fraction of sp³-hybridized carbons (Fsp3) is 0.389. The number of nitrogens with two attached hydrogens (primary N) is 1. The van der Waals surface area contributed by atoms with Crippen LogP contribution in [0.1, 0.15) is 37.7 Å². The van der Waals surface area contributed by atoms with Gasteiger partial charge in [0.1, 0.15) is 5.69 Å². The number of hydrogen-bond donors (Lipinski definition) is 2. The molecule has 6 nitrogen and oxygen atoms in total. The molecular formula is C18H25ClN4O2. The van der Waals surface area contributed by atoms with Gasteiger partial charge in [0.05, 0.1) is 11.2 Å². The average molecular weight is 365 g/mol. The Kier molecular flexibility index (Phi) is 7.33. The Balaban J connectivity index is 0.00000312. The predicted octanol–water partition coefficient (Wildman–Crippen LogP) is 2.15. The standard InChI is InChI=1S/C18H24N4O2.ClH/c1-13(2)11-18(3,12-19)20-17(24)15-9-10-16(23)22(21-15)14-7-5-4-6-8-14;/h4-10,13H,11-12,19H2,1-3H3,(H,20,24);1H. The van der Waals surface area contributed by atoms with Crippen molar-refractivity contribution < 1.29 is 4.79 Å². The Labute approximate surface area is 153 Å². The van der Waals surface area contributed by atoms with Crippen LogP contribution >= 0.6 is 12.4 Å². The van der Waals surface area contributed by atoms with Crippen LogP contribution in [0.15, 0.2) is 47.3 Å². The summed E-state index contributed by atoms with van der Waals surface area (Å²) < 4.78 is 1.22. The topological polar surface area (TPSA) is 90.0 Å². The normalized spacial score (nSPS) is 13.0. The van der Waals surface area contributed by atoms with Crippen LogP contribution in [-0.4, -0.2) is 27.8 Å². The molecule has 0 aliphatic carbocycles. The highest BCUT2D eigenvalue weighted by Gasteiger charge is 2.27. The molecule has 1 aromatic carbocycles. The van der Waals surface area contributed by atoms with Crippen molar-refractivity contribution in [2.45, 2.75) is 32.7 Å². The Morgan fingerprint density at radius 1 is 1.24 bits per heavy atom. The quantitative estimate of drug-likeness (QED) is 0.821. The Morgan fingerprint density at radius 2 is 1.88 bits per heavy atom. The lowest BCUT2D eigenvalue weighted by Crippen LogP contribution is -2.52. The van der Waals surface area contributed by atoms with Gasteiger partial charge < -0.3 is 11.1 Å². The van der Waals surface area contributed by atoms with Crippen molar-refractivity contribution in [3.63, 3.8) is 0 Å². The molecule has 0 radical (unpaired) electrons. The van der Waals surface area contributed by atoms with Crippen molar-refractivity contribution in [3.05, 3.63) is 58.5 Å². The largest absolute Gasteiger partial charge is 0.344 e. The van der Waals surface area contributed by atoms with E-state index in [1.54, 1.807) is 12.1 Å². The number of nitrogens with one attached hydrogen (secondary N) is 1. The van der Waals surface area contributed by atoms with Crippen LogP contribution in [-0.2, 0) is 0 Å². The monoisotopic (exact) mass is 364 g/mol. The van der Waals surface area contributed by atoms with E-state index in [1.165, 1.54) is 16.8 Å². The first kappa shape index (κ1) is 20.9. The second-order valence-corrected chi connectivity index (χ2v) is 6.62. The van der Waals surface area contributed by atoms with Gasteiger partial charge in [0, 0.05) is 12.6 Å². The average Bonchev–Trinajstić information content (AvgIpc) is 2.55. The van der Waals surface area contributed by atoms with E-state index in [4.69, 9.17) is 5.73 Å². The molecule has 0 saturated heterocycles. The van der Waals surface area contributed by atoms with E-state index in [1.807, 2.05) is 25.1 Å². The van der Waals surface area contributed by atoms with E-state index < -0.39 is 5.54 Å². The van der Waals surface area contributed by atoms with Gasteiger partial charge >= 0.3 is 0 Å². The molecule has 2 aromatic rings. The smallest absolute Gasteiger partial charge is 0.272 e. The van der Waals surface area contributed by atoms with Crippen molar-refractivity contribution in [1.82, 2.24) is 15.1 Å². The van der Waals surface area contributed by atoms with Crippen LogP contribution in [0.4, 0.5) is 0 Å². The third-order valence-corrected chi connectivity index (χ3v) is 3.76. The van der Waals surface area contributed by atoms with Crippen molar-refractivity contribution >= 4 is 18.3 Å². The Bertz CT molecular complexity index is 761. The molecule has 0 fully saturated rings. The van der Waals surface area contributed by atoms with Crippen molar-refractivity contribution in [2.75, 3.05) is 6.54 Å². The van der Waals surface area contributed by atoms with Gasteiger partial charge in [0.2, 0.25) is 0 Å². The maximum Gasteiger partial charge on any atom is 0.272 e. The molecule has 1 heterocycles. The molecule has 1 amide bonds. The summed E-state index contributed by atoms with van der Waals surface area (Å²) in [6.45, 7) is 6.40. The zero-order valence-corrected chi connectivity index (χ0v) is 15.5. The highest BCUT2D eigenvalue weighted by atomic mass is 35.5. The molecule has 3 N–H and O–H groups in total. The number of nitrogens with zero attached hydrogens (tertiary/aromatic N) is 2. The van der Waals surface area contributed by atoms with Crippen LogP contribution in [0.3, 0.4) is 0 Å². The SMILES string of the molecule is CC(C)CC(C)(CN)NC(=O)c1ccc(=O)n(-c2ccccc2)n1.Cl. The first-order chi connectivity index (χ1) is 11.3. The van der Waals surface area contributed by atoms with Crippen LogP contribution in [0, 0.1) is 5.92 Å². The minimum Gasteiger partial charge on any atom is -0.344 e. The lowest BCUT2D eigenvalue weighted by Gasteiger charge is -2.31. The molecule has 0 aliphatic rings. The van der Waals surface area contributed by atoms with Gasteiger partial charge in [-0.05, 0) is 37.5 Å². The number of amides is 1. The van der Waals surface area contributed by atoms with Gasteiger partial charge in [-0.25, -0.2) is 0 Å². The molecule has 1 aromatic heterocycles. The Hall–Kier alpha value is -2.18. The minimum absolute atomic E-state index is 0. The molecule has 25 heavy (non-hydrogen) atoms. The highest BCUT2D eigenvalue weighted by Crippen LogP contribution is 2.16. The van der Waals surface area contributed by atoms with E-state index in [-0.39, 0.29) is 29.6 Å². The van der Waals surface area contributed by atoms with Crippen molar-refractivity contribution in [1.29, 1.82) is 0 Å². The molecule has 1 unspecified atom stereocenters. The summed E-state index contributed by atoms with van der Waals surface area (Å²) in [5.41, 5.74) is 5.83. The number of benzene rings is 1. The summed E-state index contributed by atoms with van der Waals surface area (Å²) in [7, 11) is 0. The lowest BCUT2D eigenvalue weighted by atomic mass is 9.90. The van der Waals surface area contributed by atoms with Gasteiger partial charge in [0.15, 0.2) is 0 Å². The third kappa shape index (κ3) is 5.41. The zero-order chi connectivity index (χ0) is 17.7. The molecule has 0 saturated carbocycles. The molecule has 1 atom stereocenters. The molecule has 7 heteroatoms. The number of hydrogen-bond acceptors (Lipinski definition) is 4. The molecule has 136 valence electrons. The molecular weight excluding hydrogens is 340 g/mol. The first-order valence-electron chi connectivity index (χ1n) is 8.03. The van der Waals surface area contributed by atoms with Gasteiger partial charge in [-0.15, -0.1) is 12.4 Å². The number of aromatic nitrogens is 2. The number of carbonyl (C=O) groups is 1. The van der Waals surface area contributed by atoms with E-state index in [2.05, 4.69) is 24.3 Å². The number of rotatable bonds is 6. The number of carbonyl (C=O) groups excluding carboxylic acids is 1. The lowest BCUT2D eigenvalue weighted by molar-refractivity contribution is 0.0891. The zero-order valence-electron chi connectivity index (χ0n) is 14.7. The van der Waals surface area contributed by atoms with Gasteiger partial charge in [-0.3, -0.25) is 9.59 Å². The molecule has 2 rings (SSSR count). The van der Waals surface area contributed by atoms with E-state index in [9.17, 15) is 9.59 Å². The molecule has 0 bridgehead atoms. The van der Waals surface area contributed by atoms with Crippen LogP contribution in [0.2, 0.25) is 0 Å². The summed E-state index contributed by atoms with van der Waals surface area (Å²) in [5, 5.41) is 7.14. The third-order valence-electron chi connectivity index (χ3n) is 3.76. The molecule has 0 spiro atoms. The van der Waals surface area contributed by atoms with Gasteiger partial charge in [0.25, 0.3) is 11.5 Å². The maximum atomic E-state index is 12.6. The fourth-order valence-electron chi connectivity index (χ4n) is 2.71.